The summed E-state index contributed by atoms with van der Waals surface area (Å²) < 4.78 is 7.25. The number of rotatable bonds is 42. The van der Waals surface area contributed by atoms with Crippen molar-refractivity contribution in [3.8, 4) is 11.5 Å². The van der Waals surface area contributed by atoms with Crippen molar-refractivity contribution in [3.05, 3.63) is 106 Å². The Morgan fingerprint density at radius 1 is 0.325 bits per heavy atom. The molecule has 0 atom stereocenters. The largest absolute Gasteiger partial charge is 0.457 e. The van der Waals surface area contributed by atoms with E-state index < -0.39 is 0 Å². The number of ether oxygens (including phenoxy) is 1. The summed E-state index contributed by atoms with van der Waals surface area (Å²) in [6, 6.07) is 14.5. The Kier molecular flexibility index (Phi) is 31.6. The third kappa shape index (κ3) is 24.8. The Hall–Kier alpha value is -3.60. The fourth-order valence-electron chi connectivity index (χ4n) is 13.0. The highest BCUT2D eigenvalue weighted by Gasteiger charge is 2.28. The topological polar surface area (TPSA) is 60.8 Å². The Labute approximate surface area is 474 Å². The van der Waals surface area contributed by atoms with Crippen LogP contribution >= 0.6 is 0 Å². The van der Waals surface area contributed by atoms with Crippen LogP contribution in [0.25, 0.3) is 0 Å². The molecule has 428 valence electrons. The molecule has 4 aromatic rings. The van der Waals surface area contributed by atoms with Gasteiger partial charge in [-0.2, -0.15) is 0 Å². The normalized spacial score (nSPS) is 17.8. The van der Waals surface area contributed by atoms with Crippen molar-refractivity contribution < 1.29 is 4.74 Å². The van der Waals surface area contributed by atoms with E-state index in [1.165, 1.54) is 277 Å². The first-order valence-electron chi connectivity index (χ1n) is 33.6. The van der Waals surface area contributed by atoms with E-state index in [2.05, 4.69) is 88.9 Å². The van der Waals surface area contributed by atoms with Crippen LogP contribution in [0, 0.1) is 11.8 Å². The predicted molar refractivity (Wildman–Crippen MR) is 330 cm³/mol. The summed E-state index contributed by atoms with van der Waals surface area (Å²) in [6.45, 7) is 9.23. The summed E-state index contributed by atoms with van der Waals surface area (Å²) >= 11 is 0. The molecule has 2 aromatic carbocycles. The summed E-state index contributed by atoms with van der Waals surface area (Å²) in [6.07, 6.45) is 65.6. The smallest absolute Gasteiger partial charge is 0.131 e. The van der Waals surface area contributed by atoms with E-state index in [4.69, 9.17) is 24.7 Å². The average molecular weight is 1050 g/mol. The van der Waals surface area contributed by atoms with Crippen molar-refractivity contribution in [1.29, 1.82) is 0 Å². The monoisotopic (exact) mass is 1050 g/mol. The van der Waals surface area contributed by atoms with Crippen LogP contribution in [0.4, 0.5) is 0 Å². The summed E-state index contributed by atoms with van der Waals surface area (Å²) in [5.41, 5.74) is 8.40. The fourth-order valence-corrected chi connectivity index (χ4v) is 13.0. The molecule has 6 rings (SSSR count). The predicted octanol–water partition coefficient (Wildman–Crippen LogP) is 22.0. The van der Waals surface area contributed by atoms with Crippen molar-refractivity contribution >= 4 is 0 Å². The highest BCUT2D eigenvalue weighted by Crippen LogP contribution is 2.41. The molecule has 0 bridgehead atoms. The van der Waals surface area contributed by atoms with Crippen LogP contribution in [0.3, 0.4) is 0 Å². The second-order valence-corrected chi connectivity index (χ2v) is 24.9. The summed E-state index contributed by atoms with van der Waals surface area (Å²) in [4.78, 5) is 19.9. The van der Waals surface area contributed by atoms with E-state index in [1.807, 2.05) is 0 Å². The van der Waals surface area contributed by atoms with Crippen LogP contribution in [0.1, 0.15) is 329 Å². The molecular weight excluding hydrogens is 937 g/mol. The number of hydrogen-bond donors (Lipinski definition) is 0. The van der Waals surface area contributed by atoms with Crippen LogP contribution in [0.5, 0.6) is 11.5 Å². The minimum atomic E-state index is 0.475. The molecule has 2 aliphatic rings. The lowest BCUT2D eigenvalue weighted by molar-refractivity contribution is 0.312. The lowest BCUT2D eigenvalue weighted by Crippen LogP contribution is -2.18. The van der Waals surface area contributed by atoms with Crippen molar-refractivity contribution in [3.63, 3.8) is 0 Å². The number of benzene rings is 2. The Balaban J connectivity index is 1.03. The highest BCUT2D eigenvalue weighted by atomic mass is 16.5. The molecule has 0 unspecified atom stereocenters. The molecule has 5 nitrogen and oxygen atoms in total. The van der Waals surface area contributed by atoms with Crippen LogP contribution < -0.4 is 4.74 Å². The highest BCUT2D eigenvalue weighted by molar-refractivity contribution is 5.45. The fraction of sp³-hybridized carbons (Fsp3) is 0.722. The maximum absolute atomic E-state index is 7.25. The standard InChI is InChI=1S/C72H114N4O/c1-5-9-13-17-19-21-23-25-29-33-37-63-55-73-71(74-56-63)65-45-39-61(40-46-65)53-67-51-59(35-31-27-15-11-7-3)43-49-69(67)77-70-50-44-60(36-32-28-16-12-8-4)52-68(70)54-62-41-47-66(48-42-62)72-75-57-64(58-76-72)38-34-30-26-24-22-20-18-14-10-6-2/h43-44,49-52,55-58,61-62,65-66H,5-42,45-48,53-54H2,1-4H3. The zero-order valence-corrected chi connectivity index (χ0v) is 50.4. The van der Waals surface area contributed by atoms with Gasteiger partial charge < -0.3 is 4.74 Å². The molecular formula is C72H114N4O. The first-order chi connectivity index (χ1) is 38.0. The quantitative estimate of drug-likeness (QED) is 0.0414. The third-order valence-electron chi connectivity index (χ3n) is 18.1. The number of hydrogen-bond acceptors (Lipinski definition) is 5. The molecule has 0 amide bonds. The van der Waals surface area contributed by atoms with Gasteiger partial charge in [0.15, 0.2) is 0 Å². The van der Waals surface area contributed by atoms with Crippen molar-refractivity contribution in [1.82, 2.24) is 19.9 Å². The maximum atomic E-state index is 7.25. The summed E-state index contributed by atoms with van der Waals surface area (Å²) in [5, 5.41) is 0. The SMILES string of the molecule is CCCCCCCCCCCCc1cnc(C2CCC(Cc3cc(CCCCCCC)ccc3Oc3ccc(CCCCCCC)cc3CC3CCC(c4ncc(CCCCCCCCCCCC)cn4)CC3)CC2)nc1. The first-order valence-corrected chi connectivity index (χ1v) is 33.6. The van der Waals surface area contributed by atoms with E-state index in [-0.39, 0.29) is 0 Å². The summed E-state index contributed by atoms with van der Waals surface area (Å²) in [7, 11) is 0. The van der Waals surface area contributed by atoms with Gasteiger partial charge in [0.1, 0.15) is 23.1 Å². The second kappa shape index (κ2) is 38.9. The Morgan fingerprint density at radius 2 is 0.597 bits per heavy atom. The molecule has 2 aromatic heterocycles. The van der Waals surface area contributed by atoms with Gasteiger partial charge in [-0.1, -0.05) is 219 Å². The van der Waals surface area contributed by atoms with Gasteiger partial charge in [-0.25, -0.2) is 19.9 Å². The Bertz CT molecular complexity index is 1930. The zero-order valence-electron chi connectivity index (χ0n) is 50.4. The molecule has 0 saturated heterocycles. The van der Waals surface area contributed by atoms with Gasteiger partial charge in [-0.05, 0) is 173 Å². The van der Waals surface area contributed by atoms with E-state index in [9.17, 15) is 0 Å². The van der Waals surface area contributed by atoms with Gasteiger partial charge in [-0.3, -0.25) is 0 Å². The lowest BCUT2D eigenvalue weighted by atomic mass is 9.78. The molecule has 5 heteroatoms. The zero-order chi connectivity index (χ0) is 53.8. The molecule has 0 aliphatic heterocycles. The lowest BCUT2D eigenvalue weighted by Gasteiger charge is -2.29. The van der Waals surface area contributed by atoms with Crippen LogP contribution in [0.2, 0.25) is 0 Å². The van der Waals surface area contributed by atoms with Gasteiger partial charge in [0, 0.05) is 36.6 Å². The minimum Gasteiger partial charge on any atom is -0.457 e. The van der Waals surface area contributed by atoms with Crippen molar-refractivity contribution in [2.24, 2.45) is 11.8 Å². The minimum absolute atomic E-state index is 0.475. The molecule has 77 heavy (non-hydrogen) atoms. The number of nitrogens with zero attached hydrogens (tertiary/aromatic N) is 4. The number of unbranched alkanes of at least 4 members (excludes halogenated alkanes) is 26. The van der Waals surface area contributed by atoms with Gasteiger partial charge in [0.05, 0.1) is 0 Å². The van der Waals surface area contributed by atoms with Gasteiger partial charge >= 0.3 is 0 Å². The van der Waals surface area contributed by atoms with Crippen LogP contribution in [0.15, 0.2) is 61.2 Å². The van der Waals surface area contributed by atoms with Crippen LogP contribution in [-0.4, -0.2) is 19.9 Å². The molecule has 0 radical (unpaired) electrons. The van der Waals surface area contributed by atoms with E-state index in [1.54, 1.807) is 0 Å². The van der Waals surface area contributed by atoms with Crippen molar-refractivity contribution in [2.45, 2.75) is 322 Å². The van der Waals surface area contributed by atoms with Gasteiger partial charge in [0.25, 0.3) is 0 Å². The van der Waals surface area contributed by atoms with Crippen molar-refractivity contribution in [2.75, 3.05) is 0 Å². The number of aryl methyl sites for hydroxylation is 4. The Morgan fingerprint density at radius 3 is 0.896 bits per heavy atom. The first kappa shape index (κ1) is 62.6. The van der Waals surface area contributed by atoms with E-state index in [0.717, 1.165) is 61.7 Å². The molecule has 0 spiro atoms. The molecule has 0 N–H and O–H groups in total. The van der Waals surface area contributed by atoms with Gasteiger partial charge in [0.2, 0.25) is 0 Å². The molecule has 2 aliphatic carbocycles. The maximum Gasteiger partial charge on any atom is 0.131 e. The summed E-state index contributed by atoms with van der Waals surface area (Å²) in [5.74, 6) is 6.56. The van der Waals surface area contributed by atoms with E-state index in [0.29, 0.717) is 23.7 Å². The van der Waals surface area contributed by atoms with E-state index >= 15 is 0 Å². The average Bonchev–Trinajstić information content (AvgIpc) is 3.46. The molecule has 2 heterocycles. The van der Waals surface area contributed by atoms with Gasteiger partial charge in [-0.15, -0.1) is 0 Å². The molecule has 2 fully saturated rings. The van der Waals surface area contributed by atoms with Crippen LogP contribution in [-0.2, 0) is 38.5 Å². The molecule has 2 saturated carbocycles. The number of aromatic nitrogens is 4. The second-order valence-electron chi connectivity index (χ2n) is 24.9. The third-order valence-corrected chi connectivity index (χ3v) is 18.1.